The van der Waals surface area contributed by atoms with Crippen molar-refractivity contribution >= 4 is 23.3 Å². The summed E-state index contributed by atoms with van der Waals surface area (Å²) >= 11 is 0. The third kappa shape index (κ3) is 3.13. The van der Waals surface area contributed by atoms with Crippen LogP contribution in [0.1, 0.15) is 18.5 Å². The summed E-state index contributed by atoms with van der Waals surface area (Å²) in [6, 6.07) is 23.0. The van der Waals surface area contributed by atoms with Gasteiger partial charge in [0.05, 0.1) is 13.2 Å². The Balaban J connectivity index is 1.58. The van der Waals surface area contributed by atoms with E-state index in [-0.39, 0.29) is 11.9 Å². The number of anilines is 2. The number of urea groups is 1. The highest BCUT2D eigenvalue weighted by Crippen LogP contribution is 2.49. The van der Waals surface area contributed by atoms with Gasteiger partial charge in [-0.3, -0.25) is 9.69 Å². The first-order chi connectivity index (χ1) is 15.5. The summed E-state index contributed by atoms with van der Waals surface area (Å²) in [5.74, 6) is 0.384. The lowest BCUT2D eigenvalue weighted by Gasteiger charge is -2.54. The summed E-state index contributed by atoms with van der Waals surface area (Å²) < 4.78 is 11.6. The number of fused-ring (bicyclic) bond motifs is 4. The number of carbonyl (C=O) groups excluding carboxylic acids is 2. The van der Waals surface area contributed by atoms with Crippen molar-refractivity contribution in [2.75, 3.05) is 17.3 Å². The molecule has 32 heavy (non-hydrogen) atoms. The van der Waals surface area contributed by atoms with Crippen LogP contribution in [0.25, 0.3) is 0 Å². The number of ether oxygens (including phenoxy) is 2. The molecule has 1 saturated heterocycles. The van der Waals surface area contributed by atoms with Crippen LogP contribution in [0, 0.1) is 5.92 Å². The largest absolute Gasteiger partial charge is 0.497 e. The molecule has 7 nitrogen and oxygen atoms in total. The van der Waals surface area contributed by atoms with Gasteiger partial charge in [-0.15, -0.1) is 0 Å². The predicted molar refractivity (Wildman–Crippen MR) is 121 cm³/mol. The molecule has 0 aromatic heterocycles. The second kappa shape index (κ2) is 7.60. The topological polar surface area (TPSA) is 79.9 Å². The number of carbonyl (C=O) groups is 2. The van der Waals surface area contributed by atoms with Crippen LogP contribution in [0.2, 0.25) is 0 Å². The SMILES string of the molecule is COc1ccc(NC(=O)[C@@H]2[C@H]3NC(=O)N(c4ccccc4)[C@@]2(C)Oc2ccccc23)cc1. The highest BCUT2D eigenvalue weighted by atomic mass is 16.5. The van der Waals surface area contributed by atoms with Gasteiger partial charge in [0, 0.05) is 16.9 Å². The fourth-order valence-electron chi connectivity index (χ4n) is 4.59. The summed E-state index contributed by atoms with van der Waals surface area (Å²) in [4.78, 5) is 28.4. The van der Waals surface area contributed by atoms with Gasteiger partial charge in [-0.2, -0.15) is 0 Å². The minimum Gasteiger partial charge on any atom is -0.497 e. The second-order valence-electron chi connectivity index (χ2n) is 7.99. The highest BCUT2D eigenvalue weighted by molar-refractivity contribution is 6.01. The molecule has 3 atom stereocenters. The zero-order valence-electron chi connectivity index (χ0n) is 17.7. The molecule has 1 fully saturated rings. The van der Waals surface area contributed by atoms with Gasteiger partial charge in [-0.05, 0) is 49.4 Å². The predicted octanol–water partition coefficient (Wildman–Crippen LogP) is 4.33. The van der Waals surface area contributed by atoms with Crippen molar-refractivity contribution in [1.82, 2.24) is 5.32 Å². The Morgan fingerprint density at radius 1 is 1.03 bits per heavy atom. The number of nitrogens with one attached hydrogen (secondary N) is 2. The molecule has 7 heteroatoms. The van der Waals surface area contributed by atoms with E-state index in [0.717, 1.165) is 5.56 Å². The monoisotopic (exact) mass is 429 g/mol. The van der Waals surface area contributed by atoms with Gasteiger partial charge < -0.3 is 20.1 Å². The number of amides is 3. The molecule has 0 aliphatic carbocycles. The minimum atomic E-state index is -1.24. The summed E-state index contributed by atoms with van der Waals surface area (Å²) in [7, 11) is 1.59. The molecule has 3 amide bonds. The van der Waals surface area contributed by atoms with Crippen LogP contribution in [-0.2, 0) is 4.79 Å². The Labute approximate surface area is 185 Å². The number of benzene rings is 3. The summed E-state index contributed by atoms with van der Waals surface area (Å²) in [5, 5.41) is 6.02. The van der Waals surface area contributed by atoms with Gasteiger partial charge in [0.1, 0.15) is 17.4 Å². The van der Waals surface area contributed by atoms with Crippen molar-refractivity contribution in [3.63, 3.8) is 0 Å². The van der Waals surface area contributed by atoms with Crippen molar-refractivity contribution in [2.24, 2.45) is 5.92 Å². The Morgan fingerprint density at radius 3 is 2.44 bits per heavy atom. The number of methoxy groups -OCH3 is 1. The Kier molecular flexibility index (Phi) is 4.74. The van der Waals surface area contributed by atoms with E-state index >= 15 is 0 Å². The Morgan fingerprint density at radius 2 is 1.72 bits per heavy atom. The lowest BCUT2D eigenvalue weighted by molar-refractivity contribution is -0.131. The molecule has 0 spiro atoms. The summed E-state index contributed by atoms with van der Waals surface area (Å²) in [6.07, 6.45) is 0. The average molecular weight is 429 g/mol. The molecule has 0 saturated carbocycles. The number of nitrogens with zero attached hydrogens (tertiary/aromatic N) is 1. The fraction of sp³-hybridized carbons (Fsp3) is 0.200. The van der Waals surface area contributed by atoms with Gasteiger partial charge >= 0.3 is 6.03 Å². The molecule has 2 N–H and O–H groups in total. The van der Waals surface area contributed by atoms with Crippen LogP contribution in [0.4, 0.5) is 16.2 Å². The lowest BCUT2D eigenvalue weighted by atomic mass is 9.78. The fourth-order valence-corrected chi connectivity index (χ4v) is 4.59. The lowest BCUT2D eigenvalue weighted by Crippen LogP contribution is -2.72. The molecule has 2 bridgehead atoms. The number of hydrogen-bond acceptors (Lipinski definition) is 4. The standard InChI is InChI=1S/C25H23N3O4/c1-25-21(23(29)26-16-12-14-18(31-2)15-13-16)22(19-10-6-7-11-20(19)32-25)27-24(30)28(25)17-8-4-3-5-9-17/h3-15,21-22H,1-2H3,(H,26,29)(H,27,30)/t21-,22-,25-/m0/s1. The zero-order valence-corrected chi connectivity index (χ0v) is 17.7. The van der Waals surface area contributed by atoms with E-state index in [4.69, 9.17) is 9.47 Å². The Bertz CT molecular complexity index is 1170. The van der Waals surface area contributed by atoms with Gasteiger partial charge in [-0.1, -0.05) is 36.4 Å². The molecule has 2 aliphatic heterocycles. The van der Waals surface area contributed by atoms with Gasteiger partial charge in [0.2, 0.25) is 11.6 Å². The molecular weight excluding hydrogens is 406 g/mol. The molecule has 0 unspecified atom stereocenters. The van der Waals surface area contributed by atoms with Gasteiger partial charge in [0.25, 0.3) is 0 Å². The first kappa shape index (κ1) is 19.9. The number of para-hydroxylation sites is 2. The van der Waals surface area contributed by atoms with E-state index < -0.39 is 17.7 Å². The molecule has 5 rings (SSSR count). The summed E-state index contributed by atoms with van der Waals surface area (Å²) in [5.41, 5.74) is 0.821. The third-order valence-corrected chi connectivity index (χ3v) is 6.06. The van der Waals surface area contributed by atoms with Crippen LogP contribution < -0.4 is 25.0 Å². The molecule has 3 aromatic carbocycles. The maximum atomic E-state index is 13.6. The summed E-state index contributed by atoms with van der Waals surface area (Å²) in [6.45, 7) is 1.79. The van der Waals surface area contributed by atoms with E-state index in [1.165, 1.54) is 4.90 Å². The second-order valence-corrected chi connectivity index (χ2v) is 7.99. The zero-order chi connectivity index (χ0) is 22.3. The number of rotatable bonds is 4. The van der Waals surface area contributed by atoms with E-state index in [9.17, 15) is 9.59 Å². The van der Waals surface area contributed by atoms with Crippen LogP contribution in [0.5, 0.6) is 11.5 Å². The quantitative estimate of drug-likeness (QED) is 0.647. The molecule has 2 heterocycles. The van der Waals surface area contributed by atoms with E-state index in [1.807, 2.05) is 54.6 Å². The first-order valence-corrected chi connectivity index (χ1v) is 10.4. The van der Waals surface area contributed by atoms with E-state index in [2.05, 4.69) is 10.6 Å². The van der Waals surface area contributed by atoms with Crippen LogP contribution in [0.3, 0.4) is 0 Å². The van der Waals surface area contributed by atoms with Crippen LogP contribution in [0.15, 0.2) is 78.9 Å². The smallest absolute Gasteiger partial charge is 0.325 e. The van der Waals surface area contributed by atoms with Crippen molar-refractivity contribution in [1.29, 1.82) is 0 Å². The van der Waals surface area contributed by atoms with Crippen molar-refractivity contribution < 1.29 is 19.1 Å². The van der Waals surface area contributed by atoms with E-state index in [1.54, 1.807) is 38.3 Å². The molecule has 3 aromatic rings. The maximum Gasteiger partial charge on any atom is 0.325 e. The molecule has 2 aliphatic rings. The Hall–Kier alpha value is -4.00. The minimum absolute atomic E-state index is 0.252. The van der Waals surface area contributed by atoms with Gasteiger partial charge in [0.15, 0.2) is 0 Å². The van der Waals surface area contributed by atoms with Crippen molar-refractivity contribution in [3.8, 4) is 11.5 Å². The van der Waals surface area contributed by atoms with Crippen LogP contribution in [-0.4, -0.2) is 24.8 Å². The first-order valence-electron chi connectivity index (χ1n) is 10.4. The normalized spacial score (nSPS) is 23.4. The van der Waals surface area contributed by atoms with Crippen molar-refractivity contribution in [3.05, 3.63) is 84.4 Å². The number of hydrogen-bond donors (Lipinski definition) is 2. The van der Waals surface area contributed by atoms with Crippen molar-refractivity contribution in [2.45, 2.75) is 18.7 Å². The van der Waals surface area contributed by atoms with Gasteiger partial charge in [-0.25, -0.2) is 4.79 Å². The molecular formula is C25H23N3O4. The molecule has 162 valence electrons. The van der Waals surface area contributed by atoms with E-state index in [0.29, 0.717) is 22.9 Å². The maximum absolute atomic E-state index is 13.6. The molecule has 0 radical (unpaired) electrons. The van der Waals surface area contributed by atoms with Crippen LogP contribution >= 0.6 is 0 Å². The third-order valence-electron chi connectivity index (χ3n) is 6.06. The average Bonchev–Trinajstić information content (AvgIpc) is 2.79. The highest BCUT2D eigenvalue weighted by Gasteiger charge is 2.60.